The third-order valence-electron chi connectivity index (χ3n) is 6.08. The van der Waals surface area contributed by atoms with E-state index in [-0.39, 0.29) is 17.9 Å². The van der Waals surface area contributed by atoms with Gasteiger partial charge in [-0.25, -0.2) is 0 Å². The van der Waals surface area contributed by atoms with E-state index in [4.69, 9.17) is 9.47 Å². The Hall–Kier alpha value is -3.38. The number of methoxy groups -OCH3 is 1. The summed E-state index contributed by atoms with van der Waals surface area (Å²) >= 11 is 0. The maximum absolute atomic E-state index is 13.2. The van der Waals surface area contributed by atoms with E-state index in [1.54, 1.807) is 13.3 Å². The lowest BCUT2D eigenvalue weighted by molar-refractivity contribution is -0.127. The van der Waals surface area contributed by atoms with E-state index in [9.17, 15) is 4.79 Å². The van der Waals surface area contributed by atoms with Gasteiger partial charge in [-0.15, -0.1) is 0 Å². The van der Waals surface area contributed by atoms with Gasteiger partial charge in [0.1, 0.15) is 18.1 Å². The van der Waals surface area contributed by atoms with Crippen LogP contribution >= 0.6 is 0 Å². The maximum atomic E-state index is 13.2. The van der Waals surface area contributed by atoms with Gasteiger partial charge in [-0.3, -0.25) is 14.7 Å². The van der Waals surface area contributed by atoms with Crippen molar-refractivity contribution in [3.8, 4) is 11.5 Å². The summed E-state index contributed by atoms with van der Waals surface area (Å²) in [7, 11) is 1.64. The molecule has 1 fully saturated rings. The summed E-state index contributed by atoms with van der Waals surface area (Å²) in [5.74, 6) is 1.72. The first-order chi connectivity index (χ1) is 16.2. The van der Waals surface area contributed by atoms with Crippen molar-refractivity contribution in [2.75, 3.05) is 33.4 Å². The highest BCUT2D eigenvalue weighted by atomic mass is 16.5. The van der Waals surface area contributed by atoms with Gasteiger partial charge in [-0.1, -0.05) is 36.4 Å². The minimum Gasteiger partial charge on any atom is -0.497 e. The van der Waals surface area contributed by atoms with E-state index in [0.29, 0.717) is 6.61 Å². The number of hydrogen-bond donors (Lipinski definition) is 1. The lowest BCUT2D eigenvalue weighted by Crippen LogP contribution is -2.42. The van der Waals surface area contributed by atoms with E-state index in [1.165, 1.54) is 0 Å². The fraction of sp³-hybridized carbons (Fsp3) is 0.333. The first-order valence-electron chi connectivity index (χ1n) is 11.5. The number of nitrogens with one attached hydrogen (secondary N) is 1. The molecular weight excluding hydrogens is 414 g/mol. The number of aromatic nitrogens is 1. The van der Waals surface area contributed by atoms with Gasteiger partial charge < -0.3 is 14.8 Å². The predicted molar refractivity (Wildman–Crippen MR) is 128 cm³/mol. The fourth-order valence-electron chi connectivity index (χ4n) is 4.18. The molecule has 1 saturated heterocycles. The topological polar surface area (TPSA) is 63.7 Å². The normalized spacial score (nSPS) is 15.5. The van der Waals surface area contributed by atoms with E-state index < -0.39 is 0 Å². The fourth-order valence-corrected chi connectivity index (χ4v) is 4.18. The summed E-state index contributed by atoms with van der Waals surface area (Å²) in [5, 5.41) is 3.25. The zero-order valence-corrected chi connectivity index (χ0v) is 19.0. The van der Waals surface area contributed by atoms with Gasteiger partial charge in [0.05, 0.1) is 18.8 Å². The summed E-state index contributed by atoms with van der Waals surface area (Å²) in [6.07, 6.45) is 3.43. The van der Waals surface area contributed by atoms with Gasteiger partial charge >= 0.3 is 0 Å². The number of carbonyl (C=O) groups excluding carboxylic acids is 1. The number of para-hydroxylation sites is 1. The monoisotopic (exact) mass is 445 g/mol. The Balaban J connectivity index is 1.33. The zero-order chi connectivity index (χ0) is 22.9. The highest BCUT2D eigenvalue weighted by Gasteiger charge is 2.28. The van der Waals surface area contributed by atoms with Crippen molar-refractivity contribution in [2.45, 2.75) is 18.9 Å². The molecule has 0 aliphatic carbocycles. The van der Waals surface area contributed by atoms with Crippen LogP contribution in [-0.2, 0) is 4.79 Å². The van der Waals surface area contributed by atoms with Gasteiger partial charge in [0.2, 0.25) is 5.91 Å². The molecule has 2 aromatic carbocycles. The van der Waals surface area contributed by atoms with Crippen LogP contribution in [0.25, 0.3) is 0 Å². The summed E-state index contributed by atoms with van der Waals surface area (Å²) in [6.45, 7) is 3.30. The molecule has 1 aromatic heterocycles. The summed E-state index contributed by atoms with van der Waals surface area (Å²) < 4.78 is 11.2. The van der Waals surface area contributed by atoms with Crippen molar-refractivity contribution in [3.63, 3.8) is 0 Å². The lowest BCUT2D eigenvalue weighted by atomic mass is 9.94. The predicted octanol–water partition coefficient (Wildman–Crippen LogP) is 4.09. The molecule has 0 unspecified atom stereocenters. The summed E-state index contributed by atoms with van der Waals surface area (Å²) in [4.78, 5) is 20.1. The number of carbonyl (C=O) groups is 1. The number of amides is 1. The highest BCUT2D eigenvalue weighted by molar-refractivity contribution is 5.79. The van der Waals surface area contributed by atoms with Crippen LogP contribution in [-0.4, -0.2) is 49.1 Å². The quantitative estimate of drug-likeness (QED) is 0.538. The van der Waals surface area contributed by atoms with E-state index >= 15 is 0 Å². The third-order valence-corrected chi connectivity index (χ3v) is 6.08. The Morgan fingerprint density at radius 2 is 1.79 bits per heavy atom. The molecule has 4 rings (SSSR count). The third kappa shape index (κ3) is 6.33. The number of ether oxygens (including phenoxy) is 2. The van der Waals surface area contributed by atoms with Crippen LogP contribution in [0.15, 0.2) is 79.0 Å². The molecule has 6 heteroatoms. The molecule has 1 N–H and O–H groups in total. The van der Waals surface area contributed by atoms with Gasteiger partial charge in [-0.05, 0) is 67.9 Å². The van der Waals surface area contributed by atoms with E-state index in [2.05, 4.69) is 15.2 Å². The van der Waals surface area contributed by atoms with Crippen molar-refractivity contribution in [3.05, 3.63) is 90.3 Å². The molecule has 172 valence electrons. The molecule has 1 atom stereocenters. The molecular formula is C27H31N3O3. The number of nitrogens with zero attached hydrogens (tertiary/aromatic N) is 2. The maximum Gasteiger partial charge on any atom is 0.224 e. The van der Waals surface area contributed by atoms with Crippen molar-refractivity contribution in [1.29, 1.82) is 0 Å². The van der Waals surface area contributed by atoms with Crippen LogP contribution in [0.2, 0.25) is 0 Å². The van der Waals surface area contributed by atoms with Crippen LogP contribution < -0.4 is 14.8 Å². The first-order valence-corrected chi connectivity index (χ1v) is 11.5. The van der Waals surface area contributed by atoms with Crippen molar-refractivity contribution in [2.24, 2.45) is 5.92 Å². The molecule has 1 aliphatic heterocycles. The molecule has 33 heavy (non-hydrogen) atoms. The van der Waals surface area contributed by atoms with Crippen LogP contribution in [0.4, 0.5) is 0 Å². The second kappa shape index (κ2) is 11.5. The summed E-state index contributed by atoms with van der Waals surface area (Å²) in [6, 6.07) is 23.1. The van der Waals surface area contributed by atoms with Crippen LogP contribution in [0, 0.1) is 5.92 Å². The number of likely N-dealkylation sites (tertiary alicyclic amines) is 1. The Kier molecular flexibility index (Phi) is 7.93. The average molecular weight is 446 g/mol. The number of pyridine rings is 1. The molecule has 0 radical (unpaired) electrons. The molecule has 3 aromatic rings. The van der Waals surface area contributed by atoms with Crippen molar-refractivity contribution < 1.29 is 14.3 Å². The average Bonchev–Trinajstić information content (AvgIpc) is 2.88. The number of piperidine rings is 1. The number of benzene rings is 2. The Morgan fingerprint density at radius 3 is 2.52 bits per heavy atom. The molecule has 0 spiro atoms. The second-order valence-electron chi connectivity index (χ2n) is 8.25. The van der Waals surface area contributed by atoms with Crippen LogP contribution in [0.3, 0.4) is 0 Å². The van der Waals surface area contributed by atoms with Gasteiger partial charge in [0.15, 0.2) is 0 Å². The minimum atomic E-state index is -0.314. The molecule has 6 nitrogen and oxygen atoms in total. The van der Waals surface area contributed by atoms with Crippen molar-refractivity contribution >= 4 is 5.91 Å². The Bertz CT molecular complexity index is 1010. The van der Waals surface area contributed by atoms with Gasteiger partial charge in [0.25, 0.3) is 0 Å². The van der Waals surface area contributed by atoms with Crippen LogP contribution in [0.5, 0.6) is 11.5 Å². The van der Waals surface area contributed by atoms with Gasteiger partial charge in [0, 0.05) is 18.7 Å². The standard InChI is InChI=1S/C27H31N3O3/c1-32-24-11-7-8-22(20-24)26(25-12-5-6-15-28-25)29-27(31)21-13-16-30(17-14-21)18-19-33-23-9-3-2-4-10-23/h2-12,15,20-21,26H,13-14,16-19H2,1H3,(H,29,31)/t26-/m1/s1. The molecule has 1 amide bonds. The van der Waals surface area contributed by atoms with E-state index in [0.717, 1.165) is 55.2 Å². The SMILES string of the molecule is COc1cccc([C@@H](NC(=O)C2CCN(CCOc3ccccc3)CC2)c2ccccn2)c1. The highest BCUT2D eigenvalue weighted by Crippen LogP contribution is 2.26. The van der Waals surface area contributed by atoms with E-state index in [1.807, 2.05) is 72.8 Å². The van der Waals surface area contributed by atoms with Crippen LogP contribution in [0.1, 0.15) is 30.1 Å². The van der Waals surface area contributed by atoms with Crippen molar-refractivity contribution in [1.82, 2.24) is 15.2 Å². The Labute approximate surface area is 195 Å². The summed E-state index contributed by atoms with van der Waals surface area (Å²) in [5.41, 5.74) is 1.77. The smallest absolute Gasteiger partial charge is 0.224 e. The zero-order valence-electron chi connectivity index (χ0n) is 19.0. The first kappa shape index (κ1) is 22.8. The molecule has 2 heterocycles. The molecule has 0 saturated carbocycles. The number of hydrogen-bond acceptors (Lipinski definition) is 5. The largest absolute Gasteiger partial charge is 0.497 e. The number of rotatable bonds is 9. The molecule has 1 aliphatic rings. The second-order valence-corrected chi connectivity index (χ2v) is 8.25. The van der Waals surface area contributed by atoms with Gasteiger partial charge in [-0.2, -0.15) is 0 Å². The minimum absolute atomic E-state index is 0.00638. The lowest BCUT2D eigenvalue weighted by Gasteiger charge is -2.32. The molecule has 0 bridgehead atoms. The Morgan fingerprint density at radius 1 is 1.03 bits per heavy atom.